The van der Waals surface area contributed by atoms with Crippen LogP contribution in [0.4, 0.5) is 0 Å². The fourth-order valence-corrected chi connectivity index (χ4v) is 2.48. The first-order valence-corrected chi connectivity index (χ1v) is 6.78. The number of nitrogens with zero attached hydrogens (tertiary/aromatic N) is 3. The molecule has 0 amide bonds. The number of benzene rings is 1. The minimum Gasteiger partial charge on any atom is -0.481 e. The lowest BCUT2D eigenvalue weighted by Gasteiger charge is -2.00. The number of aromatic nitrogens is 3. The molecule has 1 aromatic carbocycles. The molecule has 1 aromatic heterocycles. The van der Waals surface area contributed by atoms with Gasteiger partial charge < -0.3 is 5.11 Å². The number of aliphatic carboxylic acids is 1. The van der Waals surface area contributed by atoms with E-state index in [9.17, 15) is 4.79 Å². The number of hydrogen-bond acceptors (Lipinski definition) is 4. The number of aryl methyl sites for hydroxylation is 3. The second-order valence-electron chi connectivity index (χ2n) is 4.40. The van der Waals surface area contributed by atoms with Crippen molar-refractivity contribution in [3.8, 4) is 11.4 Å². The molecule has 5 nitrogen and oxygen atoms in total. The van der Waals surface area contributed by atoms with E-state index in [0.29, 0.717) is 11.0 Å². The van der Waals surface area contributed by atoms with Gasteiger partial charge in [-0.2, -0.15) is 5.10 Å². The molecule has 0 saturated heterocycles. The maximum atomic E-state index is 10.6. The Labute approximate surface area is 115 Å². The zero-order valence-corrected chi connectivity index (χ0v) is 11.9. The molecule has 100 valence electrons. The first-order chi connectivity index (χ1) is 8.95. The van der Waals surface area contributed by atoms with Crippen LogP contribution >= 0.6 is 11.8 Å². The van der Waals surface area contributed by atoms with Gasteiger partial charge in [-0.25, -0.2) is 9.67 Å². The predicted octanol–water partition coefficient (Wildman–Crippen LogP) is 2.28. The van der Waals surface area contributed by atoms with Gasteiger partial charge >= 0.3 is 5.97 Å². The van der Waals surface area contributed by atoms with Gasteiger partial charge in [0.1, 0.15) is 0 Å². The van der Waals surface area contributed by atoms with Gasteiger partial charge in [0.2, 0.25) is 0 Å². The maximum absolute atomic E-state index is 10.6. The lowest BCUT2D eigenvalue weighted by atomic mass is 10.1. The number of rotatable bonds is 4. The molecule has 0 unspecified atom stereocenters. The summed E-state index contributed by atoms with van der Waals surface area (Å²) in [7, 11) is 1.77. The fourth-order valence-electron chi connectivity index (χ4n) is 1.85. The molecule has 19 heavy (non-hydrogen) atoms. The van der Waals surface area contributed by atoms with Crippen molar-refractivity contribution < 1.29 is 9.90 Å². The summed E-state index contributed by atoms with van der Waals surface area (Å²) in [6.45, 7) is 4.05. The average Bonchev–Trinajstić information content (AvgIpc) is 2.67. The molecule has 0 bridgehead atoms. The summed E-state index contributed by atoms with van der Waals surface area (Å²) >= 11 is 1.17. The Bertz CT molecular complexity index is 602. The molecule has 0 aliphatic rings. The van der Waals surface area contributed by atoms with Crippen molar-refractivity contribution in [1.29, 1.82) is 0 Å². The van der Waals surface area contributed by atoms with E-state index in [1.807, 2.05) is 26.0 Å². The quantitative estimate of drug-likeness (QED) is 0.868. The Morgan fingerprint density at radius 2 is 1.95 bits per heavy atom. The molecule has 2 aromatic rings. The Morgan fingerprint density at radius 1 is 1.32 bits per heavy atom. The van der Waals surface area contributed by atoms with Crippen molar-refractivity contribution in [3.63, 3.8) is 0 Å². The van der Waals surface area contributed by atoms with Crippen molar-refractivity contribution in [3.05, 3.63) is 29.3 Å². The van der Waals surface area contributed by atoms with Gasteiger partial charge in [0, 0.05) is 12.6 Å². The molecular weight excluding hydrogens is 262 g/mol. The fraction of sp³-hybridized carbons (Fsp3) is 0.308. The molecule has 1 N–H and O–H groups in total. The van der Waals surface area contributed by atoms with Crippen LogP contribution < -0.4 is 0 Å². The van der Waals surface area contributed by atoms with Crippen LogP contribution in [0.15, 0.2) is 23.4 Å². The third-order valence-corrected chi connectivity index (χ3v) is 3.53. The van der Waals surface area contributed by atoms with Crippen molar-refractivity contribution >= 4 is 17.7 Å². The van der Waals surface area contributed by atoms with Crippen LogP contribution in [0.1, 0.15) is 11.1 Å². The minimum absolute atomic E-state index is 0.0151. The maximum Gasteiger partial charge on any atom is 0.313 e. The van der Waals surface area contributed by atoms with E-state index in [0.717, 1.165) is 16.7 Å². The molecule has 0 aliphatic carbocycles. The van der Waals surface area contributed by atoms with Crippen molar-refractivity contribution in [2.75, 3.05) is 5.75 Å². The van der Waals surface area contributed by atoms with E-state index in [1.165, 1.54) is 11.8 Å². The smallest absolute Gasteiger partial charge is 0.313 e. The van der Waals surface area contributed by atoms with Crippen LogP contribution in [0.25, 0.3) is 11.4 Å². The summed E-state index contributed by atoms with van der Waals surface area (Å²) < 4.78 is 1.61. The SMILES string of the molecule is Cc1cc(C)cc(-c2nc(SCC(=O)O)n(C)n2)c1. The highest BCUT2D eigenvalue weighted by Crippen LogP contribution is 2.22. The average molecular weight is 277 g/mol. The molecule has 2 rings (SSSR count). The third kappa shape index (κ3) is 3.35. The van der Waals surface area contributed by atoms with Crippen LogP contribution in [-0.2, 0) is 11.8 Å². The highest BCUT2D eigenvalue weighted by Gasteiger charge is 2.11. The van der Waals surface area contributed by atoms with Crippen molar-refractivity contribution in [2.24, 2.45) is 7.05 Å². The van der Waals surface area contributed by atoms with Crippen molar-refractivity contribution in [1.82, 2.24) is 14.8 Å². The van der Waals surface area contributed by atoms with Gasteiger partial charge in [-0.3, -0.25) is 4.79 Å². The molecule has 0 spiro atoms. The molecule has 0 aliphatic heterocycles. The monoisotopic (exact) mass is 277 g/mol. The zero-order chi connectivity index (χ0) is 14.0. The largest absolute Gasteiger partial charge is 0.481 e. The minimum atomic E-state index is -0.860. The Morgan fingerprint density at radius 3 is 2.53 bits per heavy atom. The van der Waals surface area contributed by atoms with Crippen LogP contribution in [0.5, 0.6) is 0 Å². The second-order valence-corrected chi connectivity index (χ2v) is 5.34. The molecule has 6 heteroatoms. The van der Waals surface area contributed by atoms with E-state index >= 15 is 0 Å². The van der Waals surface area contributed by atoms with E-state index < -0.39 is 5.97 Å². The summed E-state index contributed by atoms with van der Waals surface area (Å²) in [4.78, 5) is 15.0. The van der Waals surface area contributed by atoms with Crippen molar-refractivity contribution in [2.45, 2.75) is 19.0 Å². The number of carboxylic acids is 1. The molecule has 0 fully saturated rings. The summed E-state index contributed by atoms with van der Waals surface area (Å²) in [6.07, 6.45) is 0. The van der Waals surface area contributed by atoms with E-state index in [-0.39, 0.29) is 5.75 Å². The van der Waals surface area contributed by atoms with Crippen LogP contribution in [0.2, 0.25) is 0 Å². The molecular formula is C13H15N3O2S. The van der Waals surface area contributed by atoms with E-state index in [2.05, 4.69) is 16.1 Å². The van der Waals surface area contributed by atoms with Crippen LogP contribution in [0.3, 0.4) is 0 Å². The van der Waals surface area contributed by atoms with E-state index in [1.54, 1.807) is 11.7 Å². The van der Waals surface area contributed by atoms with Crippen LogP contribution in [0, 0.1) is 13.8 Å². The van der Waals surface area contributed by atoms with Gasteiger partial charge in [-0.1, -0.05) is 29.0 Å². The number of carboxylic acid groups (broad SMARTS) is 1. The zero-order valence-electron chi connectivity index (χ0n) is 11.0. The van der Waals surface area contributed by atoms with Gasteiger partial charge in [0.05, 0.1) is 5.75 Å². The van der Waals surface area contributed by atoms with Gasteiger partial charge in [0.15, 0.2) is 11.0 Å². The number of thioether (sulfide) groups is 1. The Balaban J connectivity index is 2.30. The number of carbonyl (C=O) groups is 1. The summed E-state index contributed by atoms with van der Waals surface area (Å²) in [6, 6.07) is 6.13. The highest BCUT2D eigenvalue weighted by atomic mass is 32.2. The van der Waals surface area contributed by atoms with Gasteiger partial charge in [-0.15, -0.1) is 0 Å². The molecule has 0 saturated carbocycles. The Hall–Kier alpha value is -1.82. The lowest BCUT2D eigenvalue weighted by molar-refractivity contribution is -0.133. The van der Waals surface area contributed by atoms with Gasteiger partial charge in [-0.05, 0) is 26.0 Å². The topological polar surface area (TPSA) is 68.0 Å². The summed E-state index contributed by atoms with van der Waals surface area (Å²) in [5, 5.41) is 13.6. The Kier molecular flexibility index (Phi) is 3.90. The van der Waals surface area contributed by atoms with Crippen LogP contribution in [-0.4, -0.2) is 31.6 Å². The first-order valence-electron chi connectivity index (χ1n) is 5.80. The number of hydrogen-bond donors (Lipinski definition) is 1. The third-order valence-electron chi connectivity index (χ3n) is 2.53. The highest BCUT2D eigenvalue weighted by molar-refractivity contribution is 7.99. The second kappa shape index (κ2) is 5.44. The van der Waals surface area contributed by atoms with Gasteiger partial charge in [0.25, 0.3) is 0 Å². The molecule has 0 atom stereocenters. The molecule has 0 radical (unpaired) electrons. The first kappa shape index (κ1) is 13.6. The standard InChI is InChI=1S/C13H15N3O2S/c1-8-4-9(2)6-10(5-8)12-14-13(16(3)15-12)19-7-11(17)18/h4-6H,7H2,1-3H3,(H,17,18). The lowest BCUT2D eigenvalue weighted by Crippen LogP contribution is -2.00. The molecule has 1 heterocycles. The van der Waals surface area contributed by atoms with E-state index in [4.69, 9.17) is 5.11 Å². The summed E-state index contributed by atoms with van der Waals surface area (Å²) in [5.74, 6) is -0.248. The summed E-state index contributed by atoms with van der Waals surface area (Å²) in [5.41, 5.74) is 3.26. The predicted molar refractivity (Wildman–Crippen MR) is 74.3 cm³/mol. The normalized spacial score (nSPS) is 10.7.